The van der Waals surface area contributed by atoms with E-state index >= 15 is 0 Å². The molecule has 0 aromatic rings. The van der Waals surface area contributed by atoms with E-state index in [-0.39, 0.29) is 0 Å². The Morgan fingerprint density at radius 1 is 1.40 bits per heavy atom. The van der Waals surface area contributed by atoms with E-state index in [0.29, 0.717) is 12.5 Å². The van der Waals surface area contributed by atoms with Crippen molar-refractivity contribution in [2.24, 2.45) is 11.7 Å². The minimum Gasteiger partial charge on any atom is -0.329 e. The molecule has 90 valence electrons. The number of rotatable bonds is 4. The largest absolute Gasteiger partial charge is 0.329 e. The fourth-order valence-corrected chi connectivity index (χ4v) is 2.96. The van der Waals surface area contributed by atoms with Crippen LogP contribution >= 0.6 is 0 Å². The van der Waals surface area contributed by atoms with Gasteiger partial charge in [-0.15, -0.1) is 0 Å². The van der Waals surface area contributed by atoms with Crippen molar-refractivity contribution in [2.75, 3.05) is 13.6 Å². The first-order chi connectivity index (χ1) is 6.93. The van der Waals surface area contributed by atoms with Gasteiger partial charge in [-0.3, -0.25) is 0 Å². The molecule has 0 saturated heterocycles. The second kappa shape index (κ2) is 4.78. The number of nitrogens with two attached hydrogens (primary N) is 1. The third-order valence-corrected chi connectivity index (χ3v) is 4.48. The van der Waals surface area contributed by atoms with Crippen LogP contribution in [0.1, 0.15) is 32.6 Å². The van der Waals surface area contributed by atoms with Gasteiger partial charge < -0.3 is 5.73 Å². The summed E-state index contributed by atoms with van der Waals surface area (Å²) in [5.41, 5.74) is 5.25. The fourth-order valence-electron chi connectivity index (χ4n) is 2.00. The van der Waals surface area contributed by atoms with Gasteiger partial charge >= 0.3 is 0 Å². The third kappa shape index (κ3) is 3.41. The molecule has 6 heteroatoms. The molecule has 5 nitrogen and oxygen atoms in total. The van der Waals surface area contributed by atoms with E-state index in [0.717, 1.165) is 25.7 Å². The molecule has 1 aliphatic rings. The predicted molar refractivity (Wildman–Crippen MR) is 60.5 cm³/mol. The van der Waals surface area contributed by atoms with Crippen LogP contribution in [0.5, 0.6) is 0 Å². The molecule has 0 unspecified atom stereocenters. The maximum absolute atomic E-state index is 11.4. The zero-order chi connectivity index (χ0) is 11.5. The second-order valence-corrected chi connectivity index (χ2v) is 6.10. The Kier molecular flexibility index (Phi) is 4.11. The lowest BCUT2D eigenvalue weighted by molar-refractivity contribution is 0.230. The van der Waals surface area contributed by atoms with Crippen LogP contribution in [0, 0.1) is 5.92 Å². The summed E-state index contributed by atoms with van der Waals surface area (Å²) in [7, 11) is -1.99. The molecule has 0 spiro atoms. The van der Waals surface area contributed by atoms with Crippen molar-refractivity contribution in [1.29, 1.82) is 0 Å². The van der Waals surface area contributed by atoms with Crippen molar-refractivity contribution in [2.45, 2.75) is 38.1 Å². The van der Waals surface area contributed by atoms with Crippen LogP contribution in [0.3, 0.4) is 0 Å². The molecule has 4 N–H and O–H groups in total. The van der Waals surface area contributed by atoms with E-state index in [1.807, 2.05) is 0 Å². The first-order valence-electron chi connectivity index (χ1n) is 5.35. The van der Waals surface area contributed by atoms with E-state index in [9.17, 15) is 8.42 Å². The highest BCUT2D eigenvalue weighted by Gasteiger charge is 2.35. The summed E-state index contributed by atoms with van der Waals surface area (Å²) >= 11 is 0. The zero-order valence-corrected chi connectivity index (χ0v) is 10.2. The van der Waals surface area contributed by atoms with Gasteiger partial charge in [0.25, 0.3) is 10.2 Å². The average molecular weight is 235 g/mol. The molecule has 0 radical (unpaired) electrons. The molecular formula is C9H21N3O2S. The van der Waals surface area contributed by atoms with Crippen LogP contribution in [0.15, 0.2) is 0 Å². The predicted octanol–water partition coefficient (Wildman–Crippen LogP) is -0.0522. The molecule has 1 fully saturated rings. The highest BCUT2D eigenvalue weighted by atomic mass is 32.2. The van der Waals surface area contributed by atoms with Crippen LogP contribution in [0.25, 0.3) is 0 Å². The lowest BCUT2D eigenvalue weighted by atomic mass is 9.78. The van der Waals surface area contributed by atoms with Crippen molar-refractivity contribution in [3.05, 3.63) is 0 Å². The molecule has 0 heterocycles. The first kappa shape index (κ1) is 12.9. The van der Waals surface area contributed by atoms with Gasteiger partial charge in [-0.1, -0.05) is 6.92 Å². The van der Waals surface area contributed by atoms with Crippen molar-refractivity contribution in [3.63, 3.8) is 0 Å². The van der Waals surface area contributed by atoms with Crippen molar-refractivity contribution in [1.82, 2.24) is 9.44 Å². The SMILES string of the molecule is CNS(=O)(=O)NC1(CN)CCC(C)CC1. The van der Waals surface area contributed by atoms with Gasteiger partial charge in [0.1, 0.15) is 0 Å². The second-order valence-electron chi connectivity index (χ2n) is 4.48. The Bertz CT molecular complexity index is 294. The van der Waals surface area contributed by atoms with Gasteiger partial charge in [0.05, 0.1) is 0 Å². The monoisotopic (exact) mass is 235 g/mol. The summed E-state index contributed by atoms with van der Waals surface area (Å²) in [5.74, 6) is 0.670. The molecule has 0 aromatic carbocycles. The highest BCUT2D eigenvalue weighted by Crippen LogP contribution is 2.31. The Hall–Kier alpha value is -0.170. The minimum atomic E-state index is -3.39. The van der Waals surface area contributed by atoms with E-state index < -0.39 is 15.7 Å². The summed E-state index contributed by atoms with van der Waals surface area (Å²) in [6.45, 7) is 2.55. The summed E-state index contributed by atoms with van der Waals surface area (Å²) in [6.07, 6.45) is 3.71. The molecule has 0 atom stereocenters. The van der Waals surface area contributed by atoms with Gasteiger partial charge in [0.15, 0.2) is 0 Å². The highest BCUT2D eigenvalue weighted by molar-refractivity contribution is 7.87. The average Bonchev–Trinajstić information content (AvgIpc) is 2.22. The molecule has 1 saturated carbocycles. The van der Waals surface area contributed by atoms with Crippen molar-refractivity contribution in [3.8, 4) is 0 Å². The van der Waals surface area contributed by atoms with Gasteiger partial charge in [-0.2, -0.15) is 13.1 Å². The van der Waals surface area contributed by atoms with Crippen molar-refractivity contribution >= 4 is 10.2 Å². The quantitative estimate of drug-likeness (QED) is 0.638. The van der Waals surface area contributed by atoms with Gasteiger partial charge in [0.2, 0.25) is 0 Å². The van der Waals surface area contributed by atoms with Gasteiger partial charge in [-0.05, 0) is 31.6 Å². The minimum absolute atomic E-state index is 0.362. The standard InChI is InChI=1S/C9H21N3O2S/c1-8-3-5-9(7-10,6-4-8)12-15(13,14)11-2/h8,11-12H,3-7,10H2,1-2H3. The summed E-state index contributed by atoms with van der Waals surface area (Å²) < 4.78 is 27.8. The van der Waals surface area contributed by atoms with E-state index in [2.05, 4.69) is 16.4 Å². The van der Waals surface area contributed by atoms with Crippen LogP contribution in [0.2, 0.25) is 0 Å². The molecule has 15 heavy (non-hydrogen) atoms. The molecular weight excluding hydrogens is 214 g/mol. The number of hydrogen-bond donors (Lipinski definition) is 3. The van der Waals surface area contributed by atoms with Crippen LogP contribution in [0.4, 0.5) is 0 Å². The normalized spacial score (nSPS) is 32.9. The Morgan fingerprint density at radius 3 is 2.33 bits per heavy atom. The topological polar surface area (TPSA) is 84.2 Å². The first-order valence-corrected chi connectivity index (χ1v) is 6.84. The van der Waals surface area contributed by atoms with Crippen molar-refractivity contribution < 1.29 is 8.42 Å². The molecule has 0 aromatic heterocycles. The summed E-state index contributed by atoms with van der Waals surface area (Å²) in [4.78, 5) is 0. The molecule has 0 aliphatic heterocycles. The Balaban J connectivity index is 2.70. The van der Waals surface area contributed by atoms with Crippen LogP contribution < -0.4 is 15.2 Å². The van der Waals surface area contributed by atoms with E-state index in [1.54, 1.807) is 0 Å². The van der Waals surface area contributed by atoms with E-state index in [1.165, 1.54) is 7.05 Å². The summed E-state index contributed by atoms with van der Waals surface area (Å²) in [5, 5.41) is 0. The maximum Gasteiger partial charge on any atom is 0.277 e. The number of hydrogen-bond acceptors (Lipinski definition) is 3. The van der Waals surface area contributed by atoms with Crippen LogP contribution in [-0.4, -0.2) is 27.5 Å². The Labute approximate surface area is 92.0 Å². The smallest absolute Gasteiger partial charge is 0.277 e. The fraction of sp³-hybridized carbons (Fsp3) is 1.00. The lowest BCUT2D eigenvalue weighted by Crippen LogP contribution is -2.57. The van der Waals surface area contributed by atoms with E-state index in [4.69, 9.17) is 5.73 Å². The summed E-state index contributed by atoms with van der Waals surface area (Å²) in [6, 6.07) is 0. The zero-order valence-electron chi connectivity index (χ0n) is 9.41. The Morgan fingerprint density at radius 2 is 1.93 bits per heavy atom. The molecule has 0 amide bonds. The lowest BCUT2D eigenvalue weighted by Gasteiger charge is -2.38. The van der Waals surface area contributed by atoms with Gasteiger partial charge in [0, 0.05) is 19.1 Å². The van der Waals surface area contributed by atoms with Crippen LogP contribution in [-0.2, 0) is 10.2 Å². The molecule has 0 bridgehead atoms. The third-order valence-electron chi connectivity index (χ3n) is 3.24. The number of nitrogens with one attached hydrogen (secondary N) is 2. The van der Waals surface area contributed by atoms with Gasteiger partial charge in [-0.25, -0.2) is 4.72 Å². The molecule has 1 rings (SSSR count). The molecule has 1 aliphatic carbocycles. The maximum atomic E-state index is 11.4.